The Hall–Kier alpha value is -1.84. The minimum atomic E-state index is -4.30. The van der Waals surface area contributed by atoms with Crippen LogP contribution >= 0.6 is 0 Å². The van der Waals surface area contributed by atoms with Crippen molar-refractivity contribution < 1.29 is 13.2 Å². The van der Waals surface area contributed by atoms with E-state index in [9.17, 15) is 13.2 Å². The number of aryl methyl sites for hydroxylation is 1. The van der Waals surface area contributed by atoms with Crippen molar-refractivity contribution in [3.63, 3.8) is 0 Å². The van der Waals surface area contributed by atoms with Crippen molar-refractivity contribution in [3.05, 3.63) is 53.7 Å². The molecule has 0 aliphatic carbocycles. The number of hydrogen-bond donors (Lipinski definition) is 0. The number of pyridine rings is 1. The molecule has 0 saturated heterocycles. The summed E-state index contributed by atoms with van der Waals surface area (Å²) in [6.07, 6.45) is 4.71. The van der Waals surface area contributed by atoms with Gasteiger partial charge in [-0.25, -0.2) is 0 Å². The molecular formula is C19H22F3N. The summed E-state index contributed by atoms with van der Waals surface area (Å²) in [5, 5.41) is 0. The molecule has 0 bridgehead atoms. The Morgan fingerprint density at radius 3 is 2.13 bits per heavy atom. The largest absolute Gasteiger partial charge is 0.416 e. The Kier molecular flexibility index (Phi) is 6.20. The number of hydrogen-bond acceptors (Lipinski definition) is 1. The fraction of sp³-hybridized carbons (Fsp3) is 0.421. The van der Waals surface area contributed by atoms with Gasteiger partial charge < -0.3 is 0 Å². The van der Waals surface area contributed by atoms with Crippen molar-refractivity contribution in [3.8, 4) is 11.3 Å². The highest BCUT2D eigenvalue weighted by Gasteiger charge is 2.29. The van der Waals surface area contributed by atoms with Crippen LogP contribution in [0.1, 0.15) is 50.2 Å². The van der Waals surface area contributed by atoms with Crippen LogP contribution in [0.3, 0.4) is 0 Å². The summed E-state index contributed by atoms with van der Waals surface area (Å²) in [5.41, 5.74) is 1.95. The number of halogens is 3. The van der Waals surface area contributed by atoms with Crippen LogP contribution in [0.4, 0.5) is 13.2 Å². The van der Waals surface area contributed by atoms with Gasteiger partial charge in [0.05, 0.1) is 11.3 Å². The molecule has 0 atom stereocenters. The Labute approximate surface area is 135 Å². The summed E-state index contributed by atoms with van der Waals surface area (Å²) in [4.78, 5) is 4.37. The van der Waals surface area contributed by atoms with Gasteiger partial charge in [-0.05, 0) is 36.6 Å². The molecule has 0 N–H and O–H groups in total. The van der Waals surface area contributed by atoms with Gasteiger partial charge in [0.1, 0.15) is 0 Å². The second kappa shape index (κ2) is 8.14. The third kappa shape index (κ3) is 5.38. The van der Waals surface area contributed by atoms with Gasteiger partial charge in [0.15, 0.2) is 0 Å². The van der Waals surface area contributed by atoms with E-state index in [-0.39, 0.29) is 0 Å². The number of alkyl halides is 3. The lowest BCUT2D eigenvalue weighted by Crippen LogP contribution is -2.04. The molecule has 0 radical (unpaired) electrons. The summed E-state index contributed by atoms with van der Waals surface area (Å²) >= 11 is 0. The summed E-state index contributed by atoms with van der Waals surface area (Å²) < 4.78 is 37.7. The number of benzene rings is 1. The van der Waals surface area contributed by atoms with E-state index in [0.717, 1.165) is 25.0 Å². The van der Waals surface area contributed by atoms with Crippen molar-refractivity contribution in [2.75, 3.05) is 0 Å². The summed E-state index contributed by atoms with van der Waals surface area (Å²) in [6, 6.07) is 9.02. The van der Waals surface area contributed by atoms with Crippen LogP contribution in [0.2, 0.25) is 0 Å². The van der Waals surface area contributed by atoms with Gasteiger partial charge >= 0.3 is 6.18 Å². The predicted octanol–water partition coefficient (Wildman–Crippen LogP) is 6.28. The van der Waals surface area contributed by atoms with E-state index in [1.807, 2.05) is 18.3 Å². The van der Waals surface area contributed by atoms with E-state index < -0.39 is 11.7 Å². The van der Waals surface area contributed by atoms with E-state index in [0.29, 0.717) is 11.3 Å². The molecule has 4 heteroatoms. The first kappa shape index (κ1) is 17.5. The van der Waals surface area contributed by atoms with Crippen molar-refractivity contribution in [1.29, 1.82) is 0 Å². The maximum Gasteiger partial charge on any atom is 0.416 e. The first-order valence-corrected chi connectivity index (χ1v) is 8.13. The molecule has 2 rings (SSSR count). The molecule has 1 aromatic carbocycles. The molecule has 0 unspecified atom stereocenters. The molecule has 1 nitrogen and oxygen atoms in total. The Balaban J connectivity index is 1.94. The SMILES string of the molecule is CCCCCCCc1ccc(-c2ccc(C(F)(F)F)cc2)nc1. The molecule has 0 fully saturated rings. The molecule has 0 aliphatic rings. The number of nitrogens with zero attached hydrogens (tertiary/aromatic N) is 1. The van der Waals surface area contributed by atoms with E-state index in [2.05, 4.69) is 11.9 Å². The average molecular weight is 321 g/mol. The summed E-state index contributed by atoms with van der Waals surface area (Å²) in [5.74, 6) is 0. The van der Waals surface area contributed by atoms with Crippen LogP contribution in [-0.2, 0) is 12.6 Å². The lowest BCUT2D eigenvalue weighted by atomic mass is 10.0. The Morgan fingerprint density at radius 2 is 1.57 bits per heavy atom. The number of aromatic nitrogens is 1. The van der Waals surface area contributed by atoms with Crippen molar-refractivity contribution >= 4 is 0 Å². The lowest BCUT2D eigenvalue weighted by molar-refractivity contribution is -0.137. The van der Waals surface area contributed by atoms with Crippen molar-refractivity contribution in [2.24, 2.45) is 0 Å². The average Bonchev–Trinajstić information content (AvgIpc) is 2.55. The fourth-order valence-electron chi connectivity index (χ4n) is 2.51. The standard InChI is InChI=1S/C19H22F3N/c1-2-3-4-5-6-7-15-8-13-18(23-14-15)16-9-11-17(12-10-16)19(20,21)22/h8-14H,2-7H2,1H3. The van der Waals surface area contributed by atoms with Gasteiger partial charge in [-0.1, -0.05) is 50.8 Å². The van der Waals surface area contributed by atoms with Crippen LogP contribution in [0, 0.1) is 0 Å². The minimum Gasteiger partial charge on any atom is -0.256 e. The highest BCUT2D eigenvalue weighted by Crippen LogP contribution is 2.30. The quantitative estimate of drug-likeness (QED) is 0.547. The smallest absolute Gasteiger partial charge is 0.256 e. The van der Waals surface area contributed by atoms with Gasteiger partial charge in [-0.2, -0.15) is 13.2 Å². The molecule has 2 aromatic rings. The van der Waals surface area contributed by atoms with Gasteiger partial charge in [-0.3, -0.25) is 4.98 Å². The van der Waals surface area contributed by atoms with Gasteiger partial charge in [0.25, 0.3) is 0 Å². The van der Waals surface area contributed by atoms with E-state index >= 15 is 0 Å². The first-order chi connectivity index (χ1) is 11.0. The molecule has 1 heterocycles. The topological polar surface area (TPSA) is 12.9 Å². The molecule has 23 heavy (non-hydrogen) atoms. The molecule has 1 aromatic heterocycles. The molecular weight excluding hydrogens is 299 g/mol. The Morgan fingerprint density at radius 1 is 0.870 bits per heavy atom. The van der Waals surface area contributed by atoms with E-state index in [1.54, 1.807) is 0 Å². The monoisotopic (exact) mass is 321 g/mol. The molecule has 0 saturated carbocycles. The normalized spacial score (nSPS) is 11.7. The molecule has 0 spiro atoms. The van der Waals surface area contributed by atoms with E-state index in [1.165, 1.54) is 43.4 Å². The van der Waals surface area contributed by atoms with Crippen LogP contribution in [0.5, 0.6) is 0 Å². The van der Waals surface area contributed by atoms with Crippen LogP contribution < -0.4 is 0 Å². The number of unbranched alkanes of at least 4 members (excludes halogenated alkanes) is 4. The zero-order valence-corrected chi connectivity index (χ0v) is 13.4. The van der Waals surface area contributed by atoms with Crippen LogP contribution in [0.15, 0.2) is 42.6 Å². The number of rotatable bonds is 7. The fourth-order valence-corrected chi connectivity index (χ4v) is 2.51. The van der Waals surface area contributed by atoms with Crippen LogP contribution in [-0.4, -0.2) is 4.98 Å². The second-order valence-corrected chi connectivity index (χ2v) is 5.79. The van der Waals surface area contributed by atoms with Crippen molar-refractivity contribution in [2.45, 2.75) is 51.6 Å². The minimum absolute atomic E-state index is 0.634. The second-order valence-electron chi connectivity index (χ2n) is 5.79. The molecule has 0 amide bonds. The van der Waals surface area contributed by atoms with Gasteiger partial charge in [0, 0.05) is 11.8 Å². The highest BCUT2D eigenvalue weighted by atomic mass is 19.4. The zero-order chi connectivity index (χ0) is 16.7. The third-order valence-corrected chi connectivity index (χ3v) is 3.90. The van der Waals surface area contributed by atoms with E-state index in [4.69, 9.17) is 0 Å². The highest BCUT2D eigenvalue weighted by molar-refractivity contribution is 5.59. The van der Waals surface area contributed by atoms with Crippen molar-refractivity contribution in [1.82, 2.24) is 4.98 Å². The Bertz CT molecular complexity index is 586. The molecule has 124 valence electrons. The summed E-state index contributed by atoms with van der Waals surface area (Å²) in [6.45, 7) is 2.20. The van der Waals surface area contributed by atoms with Crippen LogP contribution in [0.25, 0.3) is 11.3 Å². The molecule has 0 aliphatic heterocycles. The summed E-state index contributed by atoms with van der Waals surface area (Å²) in [7, 11) is 0. The van der Waals surface area contributed by atoms with Gasteiger partial charge in [0.2, 0.25) is 0 Å². The van der Waals surface area contributed by atoms with Gasteiger partial charge in [-0.15, -0.1) is 0 Å². The predicted molar refractivity (Wildman–Crippen MR) is 87.1 cm³/mol. The lowest BCUT2D eigenvalue weighted by Gasteiger charge is -2.08. The zero-order valence-electron chi connectivity index (χ0n) is 13.4. The maximum atomic E-state index is 12.6. The maximum absolute atomic E-state index is 12.6. The third-order valence-electron chi connectivity index (χ3n) is 3.90. The first-order valence-electron chi connectivity index (χ1n) is 8.13.